The standard InChI is InChI=1S/C21H23N5O6S2/c1-15-5-10-19(32-2)18(13-15)26(33(3,28)29)14-20(27)24-16-6-8-17(9-7-16)34(30,31)25-21-22-11-4-12-23-21/h4-13H,14H2,1-3H3,(H,24,27)(H,22,23,25). The maximum absolute atomic E-state index is 12.6. The van der Waals surface area contributed by atoms with E-state index in [9.17, 15) is 21.6 Å². The zero-order chi connectivity index (χ0) is 24.9. The summed E-state index contributed by atoms with van der Waals surface area (Å²) in [4.78, 5) is 20.2. The number of carbonyl (C=O) groups is 1. The van der Waals surface area contributed by atoms with E-state index in [-0.39, 0.29) is 22.2 Å². The van der Waals surface area contributed by atoms with Crippen molar-refractivity contribution in [3.63, 3.8) is 0 Å². The highest BCUT2D eigenvalue weighted by molar-refractivity contribution is 7.92. The number of carbonyl (C=O) groups excluding carboxylic acids is 1. The summed E-state index contributed by atoms with van der Waals surface area (Å²) in [5, 5.41) is 2.57. The van der Waals surface area contributed by atoms with E-state index in [4.69, 9.17) is 4.74 Å². The van der Waals surface area contributed by atoms with E-state index in [1.54, 1.807) is 31.2 Å². The summed E-state index contributed by atoms with van der Waals surface area (Å²) >= 11 is 0. The summed E-state index contributed by atoms with van der Waals surface area (Å²) in [6, 6.07) is 11.9. The highest BCUT2D eigenvalue weighted by Gasteiger charge is 2.24. The Balaban J connectivity index is 1.75. The van der Waals surface area contributed by atoms with Crippen LogP contribution < -0.4 is 19.1 Å². The summed E-state index contributed by atoms with van der Waals surface area (Å²) < 4.78 is 58.2. The molecule has 0 unspecified atom stereocenters. The van der Waals surface area contributed by atoms with Crippen molar-refractivity contribution < 1.29 is 26.4 Å². The molecule has 0 aliphatic rings. The minimum Gasteiger partial charge on any atom is -0.495 e. The van der Waals surface area contributed by atoms with Crippen LogP contribution in [0.3, 0.4) is 0 Å². The fraction of sp³-hybridized carbons (Fsp3) is 0.190. The number of benzene rings is 2. The fourth-order valence-corrected chi connectivity index (χ4v) is 4.77. The molecule has 1 heterocycles. The average molecular weight is 506 g/mol. The lowest BCUT2D eigenvalue weighted by atomic mass is 10.2. The fourth-order valence-electron chi connectivity index (χ4n) is 2.96. The van der Waals surface area contributed by atoms with Crippen LogP contribution in [0.5, 0.6) is 5.75 Å². The summed E-state index contributed by atoms with van der Waals surface area (Å²) in [7, 11) is -6.35. The normalized spacial score (nSPS) is 11.5. The molecule has 1 amide bonds. The van der Waals surface area contributed by atoms with Crippen LogP contribution in [0.15, 0.2) is 65.8 Å². The van der Waals surface area contributed by atoms with Gasteiger partial charge in [-0.25, -0.2) is 31.5 Å². The van der Waals surface area contributed by atoms with E-state index in [1.165, 1.54) is 43.8 Å². The molecule has 0 spiro atoms. The first-order chi connectivity index (χ1) is 16.0. The zero-order valence-corrected chi connectivity index (χ0v) is 20.2. The molecule has 13 heteroatoms. The van der Waals surface area contributed by atoms with Gasteiger partial charge in [-0.3, -0.25) is 9.10 Å². The van der Waals surface area contributed by atoms with Crippen LogP contribution in [-0.2, 0) is 24.8 Å². The third-order valence-electron chi connectivity index (χ3n) is 4.53. The number of aryl methyl sites for hydroxylation is 1. The van der Waals surface area contributed by atoms with Gasteiger partial charge in [-0.15, -0.1) is 0 Å². The van der Waals surface area contributed by atoms with E-state index < -0.39 is 32.5 Å². The molecule has 11 nitrogen and oxygen atoms in total. The number of methoxy groups -OCH3 is 1. The van der Waals surface area contributed by atoms with E-state index >= 15 is 0 Å². The van der Waals surface area contributed by atoms with Crippen LogP contribution in [0.1, 0.15) is 5.56 Å². The monoisotopic (exact) mass is 505 g/mol. The molecule has 1 aromatic heterocycles. The van der Waals surface area contributed by atoms with Crippen LogP contribution in [0.2, 0.25) is 0 Å². The van der Waals surface area contributed by atoms with Crippen molar-refractivity contribution in [3.8, 4) is 5.75 Å². The highest BCUT2D eigenvalue weighted by atomic mass is 32.2. The molecule has 0 saturated carbocycles. The first-order valence-corrected chi connectivity index (χ1v) is 13.1. The maximum Gasteiger partial charge on any atom is 0.264 e. The molecule has 0 aliphatic heterocycles. The van der Waals surface area contributed by atoms with Crippen LogP contribution in [0.25, 0.3) is 0 Å². The van der Waals surface area contributed by atoms with Crippen LogP contribution in [-0.4, -0.2) is 52.6 Å². The van der Waals surface area contributed by atoms with Gasteiger partial charge in [-0.1, -0.05) is 6.07 Å². The van der Waals surface area contributed by atoms with Crippen LogP contribution in [0, 0.1) is 6.92 Å². The Labute approximate surface area is 197 Å². The van der Waals surface area contributed by atoms with Gasteiger partial charge in [0.2, 0.25) is 21.9 Å². The maximum atomic E-state index is 12.6. The Hall–Kier alpha value is -3.71. The summed E-state index contributed by atoms with van der Waals surface area (Å²) in [6.07, 6.45) is 3.79. The first kappa shape index (κ1) is 24.9. The van der Waals surface area contributed by atoms with Crippen molar-refractivity contribution >= 4 is 43.3 Å². The second-order valence-corrected chi connectivity index (χ2v) is 10.8. The van der Waals surface area contributed by atoms with Gasteiger partial charge >= 0.3 is 0 Å². The second-order valence-electron chi connectivity index (χ2n) is 7.20. The number of anilines is 3. The molecule has 0 aliphatic carbocycles. The Bertz CT molecular complexity index is 1380. The van der Waals surface area contributed by atoms with Gasteiger partial charge in [0.1, 0.15) is 12.3 Å². The lowest BCUT2D eigenvalue weighted by molar-refractivity contribution is -0.114. The summed E-state index contributed by atoms with van der Waals surface area (Å²) in [5.74, 6) is -0.402. The van der Waals surface area contributed by atoms with E-state index in [1.807, 2.05) is 0 Å². The molecule has 34 heavy (non-hydrogen) atoms. The second kappa shape index (κ2) is 10.1. The molecule has 2 N–H and O–H groups in total. The topological polar surface area (TPSA) is 148 Å². The lowest BCUT2D eigenvalue weighted by Crippen LogP contribution is -2.37. The first-order valence-electron chi connectivity index (χ1n) is 9.82. The molecule has 0 radical (unpaired) electrons. The van der Waals surface area contributed by atoms with Gasteiger partial charge in [0.25, 0.3) is 10.0 Å². The van der Waals surface area contributed by atoms with Crippen molar-refractivity contribution in [2.45, 2.75) is 11.8 Å². The number of nitrogens with one attached hydrogen (secondary N) is 2. The van der Waals surface area contributed by atoms with Gasteiger partial charge < -0.3 is 10.1 Å². The molecule has 0 atom stereocenters. The molecule has 0 bridgehead atoms. The van der Waals surface area contributed by atoms with Gasteiger partial charge in [0.15, 0.2) is 0 Å². The third-order valence-corrected chi connectivity index (χ3v) is 7.00. The van der Waals surface area contributed by atoms with Crippen molar-refractivity contribution in [2.75, 3.05) is 34.3 Å². The van der Waals surface area contributed by atoms with Crippen molar-refractivity contribution in [1.29, 1.82) is 0 Å². The Morgan fingerprint density at radius 2 is 1.68 bits per heavy atom. The quantitative estimate of drug-likeness (QED) is 0.449. The largest absolute Gasteiger partial charge is 0.495 e. The minimum atomic E-state index is -3.93. The molecule has 2 aromatic carbocycles. The van der Waals surface area contributed by atoms with E-state index in [0.717, 1.165) is 16.1 Å². The number of nitrogens with zero attached hydrogens (tertiary/aromatic N) is 3. The number of aromatic nitrogens is 2. The van der Waals surface area contributed by atoms with E-state index in [2.05, 4.69) is 20.0 Å². The van der Waals surface area contributed by atoms with Gasteiger partial charge in [0, 0.05) is 18.1 Å². The Morgan fingerprint density at radius 1 is 1.03 bits per heavy atom. The number of hydrogen-bond donors (Lipinski definition) is 2. The molecular weight excluding hydrogens is 482 g/mol. The smallest absolute Gasteiger partial charge is 0.264 e. The van der Waals surface area contributed by atoms with Crippen LogP contribution >= 0.6 is 0 Å². The number of rotatable bonds is 9. The predicted octanol–water partition coefficient (Wildman–Crippen LogP) is 2.00. The average Bonchev–Trinajstić information content (AvgIpc) is 2.77. The zero-order valence-electron chi connectivity index (χ0n) is 18.6. The molecule has 0 saturated heterocycles. The van der Waals surface area contributed by atoms with Crippen molar-refractivity contribution in [3.05, 3.63) is 66.5 Å². The molecule has 0 fully saturated rings. The van der Waals surface area contributed by atoms with Gasteiger partial charge in [-0.05, 0) is 55.0 Å². The number of ether oxygens (including phenoxy) is 1. The number of hydrogen-bond acceptors (Lipinski definition) is 8. The van der Waals surface area contributed by atoms with Crippen molar-refractivity contribution in [1.82, 2.24) is 9.97 Å². The molecule has 3 rings (SSSR count). The summed E-state index contributed by atoms with van der Waals surface area (Å²) in [5.41, 5.74) is 1.30. The SMILES string of the molecule is COc1ccc(C)cc1N(CC(=O)Nc1ccc(S(=O)(=O)Nc2ncccn2)cc1)S(C)(=O)=O. The molecule has 180 valence electrons. The lowest BCUT2D eigenvalue weighted by Gasteiger charge is -2.24. The van der Waals surface area contributed by atoms with Gasteiger partial charge in [0.05, 0.1) is 23.9 Å². The van der Waals surface area contributed by atoms with Crippen LogP contribution in [0.4, 0.5) is 17.3 Å². The van der Waals surface area contributed by atoms with Gasteiger partial charge in [-0.2, -0.15) is 0 Å². The van der Waals surface area contributed by atoms with E-state index in [0.29, 0.717) is 5.75 Å². The number of sulfonamides is 2. The molecular formula is C21H23N5O6S2. The Morgan fingerprint density at radius 3 is 2.26 bits per heavy atom. The highest BCUT2D eigenvalue weighted by Crippen LogP contribution is 2.31. The third kappa shape index (κ3) is 6.20. The minimum absolute atomic E-state index is 0.0692. The molecule has 3 aromatic rings. The van der Waals surface area contributed by atoms with Crippen molar-refractivity contribution in [2.24, 2.45) is 0 Å². The number of amides is 1. The predicted molar refractivity (Wildman–Crippen MR) is 128 cm³/mol. The Kier molecular flexibility index (Phi) is 7.37. The summed E-state index contributed by atoms with van der Waals surface area (Å²) in [6.45, 7) is 1.28.